The number of hydrogen-bond acceptors (Lipinski definition) is 5. The van der Waals surface area contributed by atoms with E-state index in [1.165, 1.54) is 0 Å². The van der Waals surface area contributed by atoms with Crippen LogP contribution in [0.5, 0.6) is 0 Å². The first kappa shape index (κ1) is 16.0. The van der Waals surface area contributed by atoms with Gasteiger partial charge in [-0.2, -0.15) is 0 Å². The van der Waals surface area contributed by atoms with Gasteiger partial charge in [-0.25, -0.2) is 9.97 Å². The van der Waals surface area contributed by atoms with Crippen LogP contribution in [0, 0.1) is 0 Å². The summed E-state index contributed by atoms with van der Waals surface area (Å²) >= 11 is 0. The predicted molar refractivity (Wildman–Crippen MR) is 83.3 cm³/mol. The monoisotopic (exact) mass is 300 g/mol. The molecule has 116 valence electrons. The van der Waals surface area contributed by atoms with Gasteiger partial charge in [-0.3, -0.25) is 9.78 Å². The van der Waals surface area contributed by atoms with Crippen LogP contribution in [-0.4, -0.2) is 52.6 Å². The summed E-state index contributed by atoms with van der Waals surface area (Å²) in [4.78, 5) is 26.9. The molecule has 0 aliphatic carbocycles. The Kier molecular flexibility index (Phi) is 5.97. The summed E-state index contributed by atoms with van der Waals surface area (Å²) in [7, 11) is 1.62. The van der Waals surface area contributed by atoms with Gasteiger partial charge in [-0.1, -0.05) is 13.0 Å². The maximum atomic E-state index is 12.5. The summed E-state index contributed by atoms with van der Waals surface area (Å²) in [5.41, 5.74) is 1.16. The SMILES string of the molecule is CCCN(CCOC)C(=O)c1cnc(-c2ccccn2)nc1. The van der Waals surface area contributed by atoms with E-state index in [-0.39, 0.29) is 5.91 Å². The number of methoxy groups -OCH3 is 1. The number of ether oxygens (including phenoxy) is 1. The highest BCUT2D eigenvalue weighted by molar-refractivity contribution is 5.93. The maximum absolute atomic E-state index is 12.5. The lowest BCUT2D eigenvalue weighted by atomic mass is 10.2. The summed E-state index contributed by atoms with van der Waals surface area (Å²) in [6, 6.07) is 5.54. The summed E-state index contributed by atoms with van der Waals surface area (Å²) in [5, 5.41) is 0. The van der Waals surface area contributed by atoms with Crippen LogP contribution in [0.1, 0.15) is 23.7 Å². The fraction of sp³-hybridized carbons (Fsp3) is 0.375. The molecule has 1 amide bonds. The summed E-state index contributed by atoms with van der Waals surface area (Å²) in [6.45, 7) is 3.79. The van der Waals surface area contributed by atoms with E-state index >= 15 is 0 Å². The number of nitrogens with zero attached hydrogens (tertiary/aromatic N) is 4. The highest BCUT2D eigenvalue weighted by atomic mass is 16.5. The molecule has 2 aromatic rings. The van der Waals surface area contributed by atoms with Crippen molar-refractivity contribution >= 4 is 5.91 Å². The van der Waals surface area contributed by atoms with Crippen molar-refractivity contribution in [1.82, 2.24) is 19.9 Å². The quantitative estimate of drug-likeness (QED) is 0.782. The molecule has 0 unspecified atom stereocenters. The van der Waals surface area contributed by atoms with Crippen molar-refractivity contribution in [3.63, 3.8) is 0 Å². The van der Waals surface area contributed by atoms with Gasteiger partial charge >= 0.3 is 0 Å². The molecule has 0 radical (unpaired) electrons. The normalized spacial score (nSPS) is 10.5. The van der Waals surface area contributed by atoms with Gasteiger partial charge in [0.1, 0.15) is 5.69 Å². The van der Waals surface area contributed by atoms with E-state index < -0.39 is 0 Å². The molecular formula is C16H20N4O2. The van der Waals surface area contributed by atoms with Gasteiger partial charge in [-0.15, -0.1) is 0 Å². The van der Waals surface area contributed by atoms with E-state index in [4.69, 9.17) is 4.74 Å². The Labute approximate surface area is 130 Å². The summed E-state index contributed by atoms with van der Waals surface area (Å²) in [5.74, 6) is 0.433. The first-order valence-corrected chi connectivity index (χ1v) is 7.28. The van der Waals surface area contributed by atoms with Crippen LogP contribution in [0.2, 0.25) is 0 Å². The number of aromatic nitrogens is 3. The number of hydrogen-bond donors (Lipinski definition) is 0. The van der Waals surface area contributed by atoms with Crippen LogP contribution in [0.15, 0.2) is 36.8 Å². The highest BCUT2D eigenvalue weighted by Gasteiger charge is 2.16. The van der Waals surface area contributed by atoms with Crippen molar-refractivity contribution in [2.75, 3.05) is 26.8 Å². The molecule has 0 aliphatic rings. The molecule has 0 spiro atoms. The van der Waals surface area contributed by atoms with Crippen LogP contribution in [-0.2, 0) is 4.74 Å². The Morgan fingerprint density at radius 2 is 1.95 bits per heavy atom. The first-order chi connectivity index (χ1) is 10.8. The molecule has 0 saturated heterocycles. The van der Waals surface area contributed by atoms with Crippen molar-refractivity contribution in [3.05, 3.63) is 42.4 Å². The zero-order chi connectivity index (χ0) is 15.8. The molecule has 6 nitrogen and oxygen atoms in total. The van der Waals surface area contributed by atoms with Gasteiger partial charge in [0.15, 0.2) is 5.82 Å². The number of rotatable bonds is 7. The molecule has 0 bridgehead atoms. The van der Waals surface area contributed by atoms with Gasteiger partial charge < -0.3 is 9.64 Å². The Hall–Kier alpha value is -2.34. The van der Waals surface area contributed by atoms with Crippen LogP contribution in [0.3, 0.4) is 0 Å². The fourth-order valence-corrected chi connectivity index (χ4v) is 2.03. The highest BCUT2D eigenvalue weighted by Crippen LogP contribution is 2.11. The number of carbonyl (C=O) groups excluding carboxylic acids is 1. The molecule has 0 atom stereocenters. The Balaban J connectivity index is 2.12. The van der Waals surface area contributed by atoms with E-state index in [1.807, 2.05) is 25.1 Å². The van der Waals surface area contributed by atoms with E-state index in [2.05, 4.69) is 15.0 Å². The molecule has 22 heavy (non-hydrogen) atoms. The smallest absolute Gasteiger partial charge is 0.257 e. The molecule has 2 heterocycles. The second-order valence-corrected chi connectivity index (χ2v) is 4.80. The minimum Gasteiger partial charge on any atom is -0.383 e. The molecule has 0 aromatic carbocycles. The molecule has 2 rings (SSSR count). The summed E-state index contributed by atoms with van der Waals surface area (Å²) < 4.78 is 5.05. The topological polar surface area (TPSA) is 68.2 Å². The molecule has 2 aromatic heterocycles. The Morgan fingerprint density at radius 3 is 2.55 bits per heavy atom. The molecule has 0 aliphatic heterocycles. The largest absolute Gasteiger partial charge is 0.383 e. The summed E-state index contributed by atoms with van der Waals surface area (Å²) in [6.07, 6.45) is 5.68. The average molecular weight is 300 g/mol. The van der Waals surface area contributed by atoms with E-state index in [0.717, 1.165) is 6.42 Å². The van der Waals surface area contributed by atoms with Gasteiger partial charge in [-0.05, 0) is 18.6 Å². The van der Waals surface area contributed by atoms with Crippen molar-refractivity contribution < 1.29 is 9.53 Å². The van der Waals surface area contributed by atoms with Gasteiger partial charge in [0.2, 0.25) is 0 Å². The molecule has 6 heteroatoms. The van der Waals surface area contributed by atoms with Crippen LogP contribution in [0.4, 0.5) is 0 Å². The zero-order valence-electron chi connectivity index (χ0n) is 12.9. The fourth-order valence-electron chi connectivity index (χ4n) is 2.03. The average Bonchev–Trinajstić information content (AvgIpc) is 2.59. The third-order valence-electron chi connectivity index (χ3n) is 3.14. The lowest BCUT2D eigenvalue weighted by molar-refractivity contribution is 0.0695. The molecule has 0 fully saturated rings. The Morgan fingerprint density at radius 1 is 1.18 bits per heavy atom. The van der Waals surface area contributed by atoms with Crippen molar-refractivity contribution in [2.24, 2.45) is 0 Å². The van der Waals surface area contributed by atoms with Gasteiger partial charge in [0.25, 0.3) is 5.91 Å². The van der Waals surface area contributed by atoms with Gasteiger partial charge in [0, 0.05) is 38.8 Å². The van der Waals surface area contributed by atoms with Crippen LogP contribution >= 0.6 is 0 Å². The van der Waals surface area contributed by atoms with E-state index in [1.54, 1.807) is 30.6 Å². The van der Waals surface area contributed by atoms with Gasteiger partial charge in [0.05, 0.1) is 12.2 Å². The second kappa shape index (κ2) is 8.19. The number of carbonyl (C=O) groups is 1. The lowest BCUT2D eigenvalue weighted by Gasteiger charge is -2.21. The first-order valence-electron chi connectivity index (χ1n) is 7.28. The molecular weight excluding hydrogens is 280 g/mol. The lowest BCUT2D eigenvalue weighted by Crippen LogP contribution is -2.34. The predicted octanol–water partition coefficient (Wildman–Crippen LogP) is 2.04. The number of pyridine rings is 1. The van der Waals surface area contributed by atoms with E-state index in [0.29, 0.717) is 36.8 Å². The van der Waals surface area contributed by atoms with Crippen molar-refractivity contribution in [1.29, 1.82) is 0 Å². The zero-order valence-corrected chi connectivity index (χ0v) is 12.9. The molecule has 0 N–H and O–H groups in total. The third kappa shape index (κ3) is 4.08. The minimum atomic E-state index is -0.0773. The van der Waals surface area contributed by atoms with Crippen molar-refractivity contribution in [3.8, 4) is 11.5 Å². The standard InChI is InChI=1S/C16H20N4O2/c1-3-8-20(9-10-22-2)16(21)13-11-18-15(19-12-13)14-6-4-5-7-17-14/h4-7,11-12H,3,8-10H2,1-2H3. The van der Waals surface area contributed by atoms with E-state index in [9.17, 15) is 4.79 Å². The third-order valence-corrected chi connectivity index (χ3v) is 3.14. The molecule has 0 saturated carbocycles. The van der Waals surface area contributed by atoms with Crippen LogP contribution in [0.25, 0.3) is 11.5 Å². The van der Waals surface area contributed by atoms with Crippen LogP contribution < -0.4 is 0 Å². The minimum absolute atomic E-state index is 0.0773. The van der Waals surface area contributed by atoms with Crippen molar-refractivity contribution in [2.45, 2.75) is 13.3 Å². The number of amides is 1. The maximum Gasteiger partial charge on any atom is 0.257 e. The second-order valence-electron chi connectivity index (χ2n) is 4.80. The Bertz CT molecular complexity index is 587.